The summed E-state index contributed by atoms with van der Waals surface area (Å²) in [6, 6.07) is 32.6. The highest BCUT2D eigenvalue weighted by molar-refractivity contribution is 7.89. The highest BCUT2D eigenvalue weighted by Gasteiger charge is 2.30. The van der Waals surface area contributed by atoms with Crippen LogP contribution in [0, 0.1) is 6.92 Å². The van der Waals surface area contributed by atoms with Crippen LogP contribution in [0.5, 0.6) is 0 Å². The van der Waals surface area contributed by atoms with E-state index in [1.54, 1.807) is 12.1 Å². The van der Waals surface area contributed by atoms with E-state index in [0.717, 1.165) is 33.9 Å². The average molecular weight is 542 g/mol. The number of primary sulfonamides is 1. The van der Waals surface area contributed by atoms with Crippen molar-refractivity contribution in [2.24, 2.45) is 10.2 Å². The van der Waals surface area contributed by atoms with Crippen molar-refractivity contribution in [2.75, 3.05) is 15.6 Å². The minimum atomic E-state index is -3.77. The maximum Gasteiger partial charge on any atom is 0.238 e. The summed E-state index contributed by atoms with van der Waals surface area (Å²) in [7, 11) is -3.77. The van der Waals surface area contributed by atoms with Gasteiger partial charge in [-0.15, -0.1) is 0 Å². The molecule has 1 atom stereocenters. The van der Waals surface area contributed by atoms with Crippen LogP contribution < -0.4 is 20.8 Å². The first kappa shape index (κ1) is 25.6. The van der Waals surface area contributed by atoms with Crippen molar-refractivity contribution in [3.05, 3.63) is 120 Å². The topological polar surface area (TPSA) is 99.8 Å². The molecule has 4 N–H and O–H groups in total. The van der Waals surface area contributed by atoms with Crippen LogP contribution in [0.15, 0.2) is 113 Å². The van der Waals surface area contributed by atoms with Crippen molar-refractivity contribution >= 4 is 50.1 Å². The van der Waals surface area contributed by atoms with Crippen LogP contribution in [-0.2, 0) is 10.0 Å². The van der Waals surface area contributed by atoms with Crippen LogP contribution in [0.4, 0.5) is 17.1 Å². The first-order valence-corrected chi connectivity index (χ1v) is 14.0. The first-order chi connectivity index (χ1) is 18.3. The molecule has 5 rings (SSSR count). The molecular weight excluding hydrogens is 514 g/mol. The summed E-state index contributed by atoms with van der Waals surface area (Å²) in [5.74, 6) is 0. The summed E-state index contributed by atoms with van der Waals surface area (Å²) in [6.07, 6.45) is 0.695. The van der Waals surface area contributed by atoms with E-state index >= 15 is 0 Å². The molecule has 0 aromatic heterocycles. The molecule has 0 radical (unpaired) electrons. The molecule has 1 unspecified atom stereocenters. The van der Waals surface area contributed by atoms with Crippen molar-refractivity contribution in [3.8, 4) is 0 Å². The highest BCUT2D eigenvalue weighted by Crippen LogP contribution is 2.37. The summed E-state index contributed by atoms with van der Waals surface area (Å²) in [5.41, 5.74) is 6.81. The van der Waals surface area contributed by atoms with Gasteiger partial charge in [0.15, 0.2) is 5.11 Å². The zero-order chi connectivity index (χ0) is 26.7. The van der Waals surface area contributed by atoms with Crippen LogP contribution in [0.2, 0.25) is 0 Å². The minimum absolute atomic E-state index is 0.0358. The third-order valence-corrected chi connectivity index (χ3v) is 7.44. The van der Waals surface area contributed by atoms with Gasteiger partial charge in [-0.1, -0.05) is 60.2 Å². The lowest BCUT2D eigenvalue weighted by Gasteiger charge is -2.24. The predicted octanol–water partition coefficient (Wildman–Crippen LogP) is 5.81. The molecule has 7 nitrogen and oxygen atoms in total. The fraction of sp³-hybridized carbons (Fsp3) is 0.103. The number of thiocarbonyl (C=S) groups is 1. The molecule has 1 heterocycles. The lowest BCUT2D eigenvalue weighted by atomic mass is 9.97. The number of rotatable bonds is 6. The minimum Gasteiger partial charge on any atom is -0.332 e. The Hall–Kier alpha value is -4.05. The maximum atomic E-state index is 11.7. The van der Waals surface area contributed by atoms with E-state index in [4.69, 9.17) is 22.5 Å². The van der Waals surface area contributed by atoms with Crippen molar-refractivity contribution in [3.63, 3.8) is 0 Å². The standard InChI is InChI=1S/C29H27N5O2S2/c1-20-7-9-22(10-8-20)28-19-27(33-34(28)25-15-17-26(18-16-25)38(30,35)36)21-11-13-24(14-12-21)32-29(37)31-23-5-3-2-4-6-23/h2-18,28H,19H2,1H3,(H2,30,35,36)(H2,31,32,37). The molecule has 1 aliphatic heterocycles. The van der Waals surface area contributed by atoms with Gasteiger partial charge in [-0.3, -0.25) is 5.01 Å². The van der Waals surface area contributed by atoms with Gasteiger partial charge in [-0.25, -0.2) is 13.6 Å². The van der Waals surface area contributed by atoms with Gasteiger partial charge in [0.25, 0.3) is 0 Å². The number of nitrogens with two attached hydrogens (primary N) is 1. The second-order valence-electron chi connectivity index (χ2n) is 9.08. The summed E-state index contributed by atoms with van der Waals surface area (Å²) in [5, 5.41) is 19.1. The van der Waals surface area contributed by atoms with Gasteiger partial charge in [0, 0.05) is 17.8 Å². The van der Waals surface area contributed by atoms with Gasteiger partial charge < -0.3 is 10.6 Å². The number of nitrogens with zero attached hydrogens (tertiary/aromatic N) is 2. The molecule has 38 heavy (non-hydrogen) atoms. The van der Waals surface area contributed by atoms with Crippen LogP contribution in [0.1, 0.15) is 29.2 Å². The Morgan fingerprint density at radius 2 is 1.47 bits per heavy atom. The third-order valence-electron chi connectivity index (χ3n) is 6.31. The maximum absolute atomic E-state index is 11.7. The molecule has 0 aliphatic carbocycles. The number of aryl methyl sites for hydroxylation is 1. The fourth-order valence-electron chi connectivity index (χ4n) is 4.32. The monoisotopic (exact) mass is 541 g/mol. The number of hydrogen-bond acceptors (Lipinski definition) is 5. The van der Waals surface area contributed by atoms with Gasteiger partial charge in [0.2, 0.25) is 10.0 Å². The third kappa shape index (κ3) is 5.91. The molecule has 192 valence electrons. The van der Waals surface area contributed by atoms with E-state index in [2.05, 4.69) is 41.8 Å². The number of hydrazone groups is 1. The van der Waals surface area contributed by atoms with Gasteiger partial charge in [-0.05, 0) is 78.8 Å². The fourth-order valence-corrected chi connectivity index (χ4v) is 5.07. The second-order valence-corrected chi connectivity index (χ2v) is 11.1. The molecule has 0 saturated heterocycles. The Bertz CT molecular complexity index is 1570. The van der Waals surface area contributed by atoms with Crippen molar-refractivity contribution < 1.29 is 8.42 Å². The van der Waals surface area contributed by atoms with Crippen molar-refractivity contribution in [1.29, 1.82) is 0 Å². The van der Waals surface area contributed by atoms with Gasteiger partial charge in [-0.2, -0.15) is 5.10 Å². The Balaban J connectivity index is 1.38. The zero-order valence-corrected chi connectivity index (χ0v) is 22.3. The van der Waals surface area contributed by atoms with Crippen LogP contribution >= 0.6 is 12.2 Å². The molecule has 1 aliphatic rings. The number of benzene rings is 4. The molecule has 0 bridgehead atoms. The predicted molar refractivity (Wildman–Crippen MR) is 158 cm³/mol. The van der Waals surface area contributed by atoms with Gasteiger partial charge >= 0.3 is 0 Å². The lowest BCUT2D eigenvalue weighted by Crippen LogP contribution is -2.19. The summed E-state index contributed by atoms with van der Waals surface area (Å²) >= 11 is 5.44. The number of nitrogens with one attached hydrogen (secondary N) is 2. The second kappa shape index (κ2) is 10.7. The smallest absolute Gasteiger partial charge is 0.238 e. The van der Waals surface area contributed by atoms with E-state index in [0.29, 0.717) is 11.5 Å². The summed E-state index contributed by atoms with van der Waals surface area (Å²) in [4.78, 5) is 0.0688. The van der Waals surface area contributed by atoms with Crippen molar-refractivity contribution in [2.45, 2.75) is 24.3 Å². The first-order valence-electron chi connectivity index (χ1n) is 12.1. The molecule has 0 saturated carbocycles. The number of para-hydroxylation sites is 1. The molecular formula is C29H27N5O2S2. The van der Waals surface area contributed by atoms with Crippen molar-refractivity contribution in [1.82, 2.24) is 0 Å². The summed E-state index contributed by atoms with van der Waals surface area (Å²) in [6.45, 7) is 2.06. The van der Waals surface area contributed by atoms with Crippen LogP contribution in [0.3, 0.4) is 0 Å². The van der Waals surface area contributed by atoms with E-state index in [9.17, 15) is 8.42 Å². The average Bonchev–Trinajstić information content (AvgIpc) is 3.35. The molecule has 0 spiro atoms. The normalized spacial score (nSPS) is 15.2. The number of sulfonamides is 1. The van der Waals surface area contributed by atoms with E-state index in [-0.39, 0.29) is 10.9 Å². The zero-order valence-electron chi connectivity index (χ0n) is 20.7. The molecule has 4 aromatic rings. The van der Waals surface area contributed by atoms with E-state index in [1.807, 2.05) is 59.6 Å². The van der Waals surface area contributed by atoms with Gasteiger partial charge in [0.1, 0.15) is 0 Å². The van der Waals surface area contributed by atoms with E-state index < -0.39 is 10.0 Å². The molecule has 4 aromatic carbocycles. The summed E-state index contributed by atoms with van der Waals surface area (Å²) < 4.78 is 23.5. The number of hydrogen-bond donors (Lipinski definition) is 3. The Labute approximate surface area is 228 Å². The SMILES string of the molecule is Cc1ccc(C2CC(c3ccc(NC(=S)Nc4ccccc4)cc3)=NN2c2ccc(S(N)(=O)=O)cc2)cc1. The lowest BCUT2D eigenvalue weighted by molar-refractivity contribution is 0.597. The molecule has 0 fully saturated rings. The Morgan fingerprint density at radius 3 is 2.08 bits per heavy atom. The van der Waals surface area contributed by atoms with E-state index in [1.165, 1.54) is 17.7 Å². The Kier molecular flexibility index (Phi) is 7.24. The molecule has 9 heteroatoms. The van der Waals surface area contributed by atoms with Crippen LogP contribution in [-0.4, -0.2) is 19.2 Å². The van der Waals surface area contributed by atoms with Crippen LogP contribution in [0.25, 0.3) is 0 Å². The number of anilines is 3. The molecule has 0 amide bonds. The Morgan fingerprint density at radius 1 is 0.868 bits per heavy atom. The largest absolute Gasteiger partial charge is 0.332 e. The quantitative estimate of drug-likeness (QED) is 0.267. The van der Waals surface area contributed by atoms with Gasteiger partial charge in [0.05, 0.1) is 22.3 Å². The highest BCUT2D eigenvalue weighted by atomic mass is 32.2.